The first-order valence-electron chi connectivity index (χ1n) is 6.68. The van der Waals surface area contributed by atoms with E-state index in [1.54, 1.807) is 7.05 Å². The molecule has 0 saturated carbocycles. The van der Waals surface area contributed by atoms with Gasteiger partial charge in [0.25, 0.3) is 0 Å². The summed E-state index contributed by atoms with van der Waals surface area (Å²) in [4.78, 5) is 18.0. The molecular formula is C13H26IN3O2S. The molecule has 0 radical (unpaired) electrons. The van der Waals surface area contributed by atoms with Crippen LogP contribution in [0, 0.1) is 5.92 Å². The lowest BCUT2D eigenvalue weighted by atomic mass is 9.97. The lowest BCUT2D eigenvalue weighted by Crippen LogP contribution is -2.47. The number of hydrogen-bond donors (Lipinski definition) is 1. The highest BCUT2D eigenvalue weighted by molar-refractivity contribution is 14.0. The highest BCUT2D eigenvalue weighted by Crippen LogP contribution is 2.18. The van der Waals surface area contributed by atoms with Crippen LogP contribution in [-0.4, -0.2) is 62.1 Å². The van der Waals surface area contributed by atoms with E-state index in [9.17, 15) is 4.79 Å². The van der Waals surface area contributed by atoms with Gasteiger partial charge in [-0.1, -0.05) is 6.92 Å². The van der Waals surface area contributed by atoms with Crippen LogP contribution in [0.2, 0.25) is 0 Å². The van der Waals surface area contributed by atoms with Crippen molar-refractivity contribution in [1.29, 1.82) is 0 Å². The first-order valence-corrected chi connectivity index (χ1v) is 7.97. The van der Waals surface area contributed by atoms with Gasteiger partial charge in [0.2, 0.25) is 0 Å². The third-order valence-corrected chi connectivity index (χ3v) is 4.46. The van der Waals surface area contributed by atoms with E-state index in [4.69, 9.17) is 4.74 Å². The highest BCUT2D eigenvalue weighted by Gasteiger charge is 2.26. The van der Waals surface area contributed by atoms with Gasteiger partial charge in [-0.2, -0.15) is 11.8 Å². The predicted molar refractivity (Wildman–Crippen MR) is 96.1 cm³/mol. The molecule has 1 aliphatic heterocycles. The molecule has 1 rings (SSSR count). The zero-order chi connectivity index (χ0) is 14.3. The number of nitrogens with zero attached hydrogens (tertiary/aromatic N) is 2. The van der Waals surface area contributed by atoms with Gasteiger partial charge in [-0.3, -0.25) is 9.79 Å². The third kappa shape index (κ3) is 6.07. The number of aliphatic imine (C=N–C) groups is 1. The fourth-order valence-corrected chi connectivity index (χ4v) is 2.39. The van der Waals surface area contributed by atoms with Crippen molar-refractivity contribution in [2.45, 2.75) is 25.0 Å². The summed E-state index contributed by atoms with van der Waals surface area (Å²) in [6.45, 7) is 4.80. The molecule has 0 aliphatic carbocycles. The molecule has 1 saturated heterocycles. The van der Waals surface area contributed by atoms with E-state index in [-0.39, 0.29) is 35.9 Å². The molecule has 0 spiro atoms. The number of carbonyl (C=O) groups is 1. The molecule has 1 unspecified atom stereocenters. The number of halogens is 1. The van der Waals surface area contributed by atoms with Crippen LogP contribution in [0.5, 0.6) is 0 Å². The second-order valence-electron chi connectivity index (χ2n) is 4.76. The maximum atomic E-state index is 11.5. The van der Waals surface area contributed by atoms with Crippen molar-refractivity contribution >= 4 is 47.7 Å². The van der Waals surface area contributed by atoms with Crippen molar-refractivity contribution in [3.63, 3.8) is 0 Å². The predicted octanol–water partition coefficient (Wildman–Crippen LogP) is 1.82. The van der Waals surface area contributed by atoms with Crippen LogP contribution < -0.4 is 5.32 Å². The number of rotatable bonds is 4. The average Bonchev–Trinajstić information content (AvgIpc) is 2.47. The number of ether oxygens (including phenoxy) is 1. The van der Waals surface area contributed by atoms with E-state index < -0.39 is 0 Å². The molecule has 118 valence electrons. The van der Waals surface area contributed by atoms with E-state index >= 15 is 0 Å². The molecule has 1 N–H and O–H groups in total. The summed E-state index contributed by atoms with van der Waals surface area (Å²) in [6, 6.07) is 0. The van der Waals surface area contributed by atoms with Gasteiger partial charge in [0.1, 0.15) is 0 Å². The van der Waals surface area contributed by atoms with Gasteiger partial charge >= 0.3 is 5.97 Å². The van der Waals surface area contributed by atoms with Gasteiger partial charge in [0, 0.05) is 31.9 Å². The summed E-state index contributed by atoms with van der Waals surface area (Å²) in [5, 5.41) is 3.95. The molecule has 5 nitrogen and oxygen atoms in total. The highest BCUT2D eigenvalue weighted by atomic mass is 127. The molecule has 0 amide bonds. The van der Waals surface area contributed by atoms with Gasteiger partial charge in [-0.05, 0) is 19.1 Å². The van der Waals surface area contributed by atoms with E-state index in [2.05, 4.69) is 28.4 Å². The van der Waals surface area contributed by atoms with Crippen LogP contribution >= 0.6 is 35.7 Å². The summed E-state index contributed by atoms with van der Waals surface area (Å²) in [5.41, 5.74) is 0. The van der Waals surface area contributed by atoms with Crippen LogP contribution in [-0.2, 0) is 9.53 Å². The normalized spacial score (nSPS) is 18.2. The minimum Gasteiger partial charge on any atom is -0.469 e. The molecule has 7 heteroatoms. The number of nitrogens with one attached hydrogen (secondary N) is 1. The minimum absolute atomic E-state index is 0. The molecular weight excluding hydrogens is 389 g/mol. The number of carbonyl (C=O) groups excluding carboxylic acids is 1. The lowest BCUT2D eigenvalue weighted by Gasteiger charge is -2.33. The van der Waals surface area contributed by atoms with Crippen molar-refractivity contribution in [2.75, 3.05) is 40.0 Å². The first kappa shape index (κ1) is 19.8. The Morgan fingerprint density at radius 2 is 2.10 bits per heavy atom. The van der Waals surface area contributed by atoms with Gasteiger partial charge in [-0.15, -0.1) is 24.0 Å². The first-order chi connectivity index (χ1) is 9.12. The van der Waals surface area contributed by atoms with Crippen LogP contribution in [0.3, 0.4) is 0 Å². The Hall–Kier alpha value is -0.180. The largest absolute Gasteiger partial charge is 0.469 e. The molecule has 0 bridgehead atoms. The monoisotopic (exact) mass is 415 g/mol. The Labute approximate surface area is 143 Å². The molecule has 0 aromatic heterocycles. The maximum absolute atomic E-state index is 11.5. The summed E-state index contributed by atoms with van der Waals surface area (Å²) >= 11 is 1.83. The number of likely N-dealkylation sites (tertiary alicyclic amines) is 1. The Bertz CT molecular complexity index is 321. The third-order valence-electron chi connectivity index (χ3n) is 3.49. The molecule has 1 aliphatic rings. The van der Waals surface area contributed by atoms with Crippen molar-refractivity contribution < 1.29 is 9.53 Å². The topological polar surface area (TPSA) is 53.9 Å². The van der Waals surface area contributed by atoms with Crippen LogP contribution in [0.15, 0.2) is 4.99 Å². The van der Waals surface area contributed by atoms with Gasteiger partial charge in [0.05, 0.1) is 13.0 Å². The number of guanidine groups is 1. The van der Waals surface area contributed by atoms with Crippen LogP contribution in [0.1, 0.15) is 19.8 Å². The van der Waals surface area contributed by atoms with E-state index in [1.807, 2.05) is 11.8 Å². The lowest BCUT2D eigenvalue weighted by molar-refractivity contribution is -0.146. The Morgan fingerprint density at radius 1 is 1.50 bits per heavy atom. The Morgan fingerprint density at radius 3 is 2.55 bits per heavy atom. The number of piperidine rings is 1. The Kier molecular flexibility index (Phi) is 10.4. The summed E-state index contributed by atoms with van der Waals surface area (Å²) in [5.74, 6) is 0.896. The number of esters is 1. The molecule has 0 aromatic carbocycles. The molecule has 1 fully saturated rings. The summed E-state index contributed by atoms with van der Waals surface area (Å²) < 4.78 is 4.80. The fraction of sp³-hybridized carbons (Fsp3) is 0.846. The molecule has 20 heavy (non-hydrogen) atoms. The zero-order valence-corrected chi connectivity index (χ0v) is 15.9. The van der Waals surface area contributed by atoms with E-state index in [1.165, 1.54) is 7.11 Å². The second kappa shape index (κ2) is 10.5. The van der Waals surface area contributed by atoms with Crippen molar-refractivity contribution in [3.05, 3.63) is 0 Å². The van der Waals surface area contributed by atoms with Crippen LogP contribution in [0.25, 0.3) is 0 Å². The van der Waals surface area contributed by atoms with Crippen LogP contribution in [0.4, 0.5) is 0 Å². The molecule has 1 atom stereocenters. The van der Waals surface area contributed by atoms with E-state index in [0.717, 1.165) is 38.4 Å². The van der Waals surface area contributed by atoms with Gasteiger partial charge < -0.3 is 15.0 Å². The number of thioether (sulfide) groups is 1. The second-order valence-corrected chi connectivity index (χ2v) is 6.04. The summed E-state index contributed by atoms with van der Waals surface area (Å²) in [7, 11) is 3.26. The maximum Gasteiger partial charge on any atom is 0.308 e. The average molecular weight is 415 g/mol. The van der Waals surface area contributed by atoms with Crippen molar-refractivity contribution in [2.24, 2.45) is 10.9 Å². The van der Waals surface area contributed by atoms with Gasteiger partial charge in [-0.25, -0.2) is 0 Å². The standard InChI is InChI=1S/C13H25N3O2S.HI/c1-10(19-4)9-15-13(14-2)16-7-5-11(6-8-16)12(17)18-3;/h10-11H,5-9H2,1-4H3,(H,14,15);1H. The summed E-state index contributed by atoms with van der Waals surface area (Å²) in [6.07, 6.45) is 3.79. The smallest absolute Gasteiger partial charge is 0.308 e. The quantitative estimate of drug-likeness (QED) is 0.329. The van der Waals surface area contributed by atoms with Gasteiger partial charge in [0.15, 0.2) is 5.96 Å². The minimum atomic E-state index is -0.0846. The zero-order valence-electron chi connectivity index (χ0n) is 12.7. The molecule has 0 aromatic rings. The van der Waals surface area contributed by atoms with Crippen molar-refractivity contribution in [1.82, 2.24) is 10.2 Å². The number of methoxy groups -OCH3 is 1. The number of hydrogen-bond acceptors (Lipinski definition) is 4. The Balaban J connectivity index is 0.00000361. The SMILES string of the molecule is CN=C(NCC(C)SC)N1CCC(C(=O)OC)CC1.I. The van der Waals surface area contributed by atoms with E-state index in [0.29, 0.717) is 5.25 Å². The fourth-order valence-electron chi connectivity index (χ4n) is 2.14. The van der Waals surface area contributed by atoms with Crippen molar-refractivity contribution in [3.8, 4) is 0 Å². The molecule has 1 heterocycles.